The first kappa shape index (κ1) is 16.8. The molecular formula is C15H25NO4. The van der Waals surface area contributed by atoms with Crippen LogP contribution in [0.15, 0.2) is 24.3 Å². The summed E-state index contributed by atoms with van der Waals surface area (Å²) in [5, 5.41) is 22.0. The normalized spacial score (nSPS) is 15.4. The molecule has 0 fully saturated rings. The first-order chi connectivity index (χ1) is 9.56. The van der Waals surface area contributed by atoms with Crippen molar-refractivity contribution in [1.82, 2.24) is 5.32 Å². The molecule has 1 aromatic carbocycles. The molecule has 0 amide bonds. The quantitative estimate of drug-likeness (QED) is 0.632. The second-order valence-corrected chi connectivity index (χ2v) is 5.00. The number of hydrogen-bond acceptors (Lipinski definition) is 5. The van der Waals surface area contributed by atoms with E-state index < -0.39 is 6.10 Å². The molecule has 5 heteroatoms. The van der Waals surface area contributed by atoms with Crippen molar-refractivity contribution in [2.75, 3.05) is 26.9 Å². The van der Waals surface area contributed by atoms with Gasteiger partial charge in [0.05, 0.1) is 7.11 Å². The Kier molecular flexibility index (Phi) is 7.36. The van der Waals surface area contributed by atoms with E-state index in [-0.39, 0.29) is 25.2 Å². The molecule has 0 radical (unpaired) electrons. The van der Waals surface area contributed by atoms with Crippen LogP contribution in [0.25, 0.3) is 0 Å². The van der Waals surface area contributed by atoms with Gasteiger partial charge in [-0.1, -0.05) is 6.92 Å². The van der Waals surface area contributed by atoms with E-state index in [2.05, 4.69) is 5.32 Å². The average molecular weight is 283 g/mol. The Morgan fingerprint density at radius 1 is 1.15 bits per heavy atom. The summed E-state index contributed by atoms with van der Waals surface area (Å²) in [5.41, 5.74) is 0. The Labute approximate surface area is 120 Å². The van der Waals surface area contributed by atoms with Crippen LogP contribution >= 0.6 is 0 Å². The number of hydrogen-bond donors (Lipinski definition) is 3. The first-order valence-electron chi connectivity index (χ1n) is 6.86. The van der Waals surface area contributed by atoms with Crippen molar-refractivity contribution >= 4 is 0 Å². The van der Waals surface area contributed by atoms with Gasteiger partial charge in [-0.2, -0.15) is 0 Å². The minimum absolute atomic E-state index is 0.132. The third-order valence-electron chi connectivity index (χ3n) is 3.32. The summed E-state index contributed by atoms with van der Waals surface area (Å²) in [5.74, 6) is 1.62. The number of benzene rings is 1. The lowest BCUT2D eigenvalue weighted by atomic mass is 10.1. The summed E-state index contributed by atoms with van der Waals surface area (Å²) in [7, 11) is 1.61. The molecule has 20 heavy (non-hydrogen) atoms. The minimum atomic E-state index is -0.592. The number of methoxy groups -OCH3 is 1. The third-order valence-corrected chi connectivity index (χ3v) is 3.32. The van der Waals surface area contributed by atoms with Gasteiger partial charge in [0.15, 0.2) is 0 Å². The van der Waals surface area contributed by atoms with Gasteiger partial charge in [-0.25, -0.2) is 0 Å². The number of rotatable bonds is 9. The molecule has 0 heterocycles. The van der Waals surface area contributed by atoms with E-state index in [1.807, 2.05) is 26.0 Å². The minimum Gasteiger partial charge on any atom is -0.497 e. The molecule has 0 aliphatic heterocycles. The Hall–Kier alpha value is -1.30. The van der Waals surface area contributed by atoms with Gasteiger partial charge in [-0.3, -0.25) is 0 Å². The van der Waals surface area contributed by atoms with E-state index in [4.69, 9.17) is 14.6 Å². The predicted octanol–water partition coefficient (Wildman–Crippen LogP) is 1.04. The smallest absolute Gasteiger partial charge is 0.119 e. The Morgan fingerprint density at radius 3 is 2.30 bits per heavy atom. The Morgan fingerprint density at radius 2 is 1.75 bits per heavy atom. The van der Waals surface area contributed by atoms with Crippen LogP contribution in [-0.4, -0.2) is 49.2 Å². The summed E-state index contributed by atoms with van der Waals surface area (Å²) < 4.78 is 10.5. The maximum absolute atomic E-state index is 9.84. The first-order valence-corrected chi connectivity index (χ1v) is 6.86. The summed E-state index contributed by atoms with van der Waals surface area (Å²) in [6.45, 7) is 4.73. The summed E-state index contributed by atoms with van der Waals surface area (Å²) in [6.07, 6.45) is -0.592. The van der Waals surface area contributed by atoms with Crippen LogP contribution in [0.5, 0.6) is 11.5 Å². The molecule has 1 rings (SSSR count). The van der Waals surface area contributed by atoms with Crippen LogP contribution < -0.4 is 14.8 Å². The lowest BCUT2D eigenvalue weighted by Gasteiger charge is -2.21. The van der Waals surface area contributed by atoms with Crippen LogP contribution in [0.2, 0.25) is 0 Å². The molecule has 3 atom stereocenters. The highest BCUT2D eigenvalue weighted by Crippen LogP contribution is 2.17. The molecule has 0 bridgehead atoms. The molecule has 5 nitrogen and oxygen atoms in total. The number of nitrogens with one attached hydrogen (secondary N) is 1. The molecule has 3 N–H and O–H groups in total. The van der Waals surface area contributed by atoms with E-state index in [9.17, 15) is 5.11 Å². The van der Waals surface area contributed by atoms with Crippen LogP contribution in [-0.2, 0) is 0 Å². The topological polar surface area (TPSA) is 71.0 Å². The van der Waals surface area contributed by atoms with Crippen molar-refractivity contribution in [3.05, 3.63) is 24.3 Å². The van der Waals surface area contributed by atoms with Gasteiger partial charge in [0, 0.05) is 19.2 Å². The van der Waals surface area contributed by atoms with Crippen LogP contribution in [0.1, 0.15) is 13.8 Å². The number of aliphatic hydroxyl groups excluding tert-OH is 2. The van der Waals surface area contributed by atoms with Gasteiger partial charge >= 0.3 is 0 Å². The van der Waals surface area contributed by atoms with E-state index in [0.717, 1.165) is 5.75 Å². The van der Waals surface area contributed by atoms with Gasteiger partial charge in [0.1, 0.15) is 24.2 Å². The van der Waals surface area contributed by atoms with Gasteiger partial charge in [-0.15, -0.1) is 0 Å². The molecule has 0 aromatic heterocycles. The zero-order chi connectivity index (χ0) is 15.0. The zero-order valence-electron chi connectivity index (χ0n) is 12.4. The molecule has 0 saturated carbocycles. The van der Waals surface area contributed by atoms with Crippen molar-refractivity contribution < 1.29 is 19.7 Å². The molecule has 0 spiro atoms. The standard InChI is InChI=1S/C15H25NO4/c1-11(9-17)12(2)16-8-13(18)10-20-15-6-4-14(19-3)5-7-15/h4-7,11-13,16-18H,8-10H2,1-3H3. The second-order valence-electron chi connectivity index (χ2n) is 5.00. The molecule has 0 aliphatic carbocycles. The highest BCUT2D eigenvalue weighted by Gasteiger charge is 2.12. The summed E-state index contributed by atoms with van der Waals surface area (Å²) in [4.78, 5) is 0. The monoisotopic (exact) mass is 283 g/mol. The molecule has 3 unspecified atom stereocenters. The van der Waals surface area contributed by atoms with Crippen LogP contribution in [0.3, 0.4) is 0 Å². The van der Waals surface area contributed by atoms with Crippen molar-refractivity contribution in [1.29, 1.82) is 0 Å². The van der Waals surface area contributed by atoms with E-state index in [1.54, 1.807) is 19.2 Å². The molecule has 1 aromatic rings. The van der Waals surface area contributed by atoms with E-state index in [1.165, 1.54) is 0 Å². The SMILES string of the molecule is COc1ccc(OCC(O)CNC(C)C(C)CO)cc1. The summed E-state index contributed by atoms with van der Waals surface area (Å²) >= 11 is 0. The fraction of sp³-hybridized carbons (Fsp3) is 0.600. The molecular weight excluding hydrogens is 258 g/mol. The zero-order valence-corrected chi connectivity index (χ0v) is 12.4. The van der Waals surface area contributed by atoms with Crippen LogP contribution in [0, 0.1) is 5.92 Å². The second kappa shape index (κ2) is 8.79. The largest absolute Gasteiger partial charge is 0.497 e. The van der Waals surface area contributed by atoms with Crippen molar-refractivity contribution in [2.24, 2.45) is 5.92 Å². The highest BCUT2D eigenvalue weighted by atomic mass is 16.5. The Bertz CT molecular complexity index is 369. The fourth-order valence-electron chi connectivity index (χ4n) is 1.60. The maximum Gasteiger partial charge on any atom is 0.119 e. The maximum atomic E-state index is 9.84. The lowest BCUT2D eigenvalue weighted by Crippen LogP contribution is -2.40. The fourth-order valence-corrected chi connectivity index (χ4v) is 1.60. The average Bonchev–Trinajstić information content (AvgIpc) is 2.50. The summed E-state index contributed by atoms with van der Waals surface area (Å²) in [6, 6.07) is 7.37. The van der Waals surface area contributed by atoms with Gasteiger partial charge < -0.3 is 25.0 Å². The van der Waals surface area contributed by atoms with E-state index in [0.29, 0.717) is 12.3 Å². The van der Waals surface area contributed by atoms with Gasteiger partial charge in [-0.05, 0) is 37.1 Å². The third kappa shape index (κ3) is 5.77. The Balaban J connectivity index is 2.26. The number of ether oxygens (including phenoxy) is 2. The van der Waals surface area contributed by atoms with Crippen molar-refractivity contribution in [3.63, 3.8) is 0 Å². The van der Waals surface area contributed by atoms with Crippen molar-refractivity contribution in [3.8, 4) is 11.5 Å². The van der Waals surface area contributed by atoms with Gasteiger partial charge in [0.25, 0.3) is 0 Å². The van der Waals surface area contributed by atoms with Crippen LogP contribution in [0.4, 0.5) is 0 Å². The molecule has 0 aliphatic rings. The molecule has 114 valence electrons. The van der Waals surface area contributed by atoms with Gasteiger partial charge in [0.2, 0.25) is 0 Å². The highest BCUT2D eigenvalue weighted by molar-refractivity contribution is 5.31. The number of aliphatic hydroxyl groups is 2. The predicted molar refractivity (Wildman–Crippen MR) is 78.2 cm³/mol. The molecule has 0 saturated heterocycles. The lowest BCUT2D eigenvalue weighted by molar-refractivity contribution is 0.0992. The van der Waals surface area contributed by atoms with Crippen molar-refractivity contribution in [2.45, 2.75) is 26.0 Å². The van der Waals surface area contributed by atoms with E-state index >= 15 is 0 Å².